The topological polar surface area (TPSA) is 76.0 Å². The Morgan fingerprint density at radius 3 is 2.61 bits per heavy atom. The molecule has 0 unspecified atom stereocenters. The Morgan fingerprint density at radius 1 is 1.09 bits per heavy atom. The zero-order chi connectivity index (χ0) is 16.6. The van der Waals surface area contributed by atoms with E-state index in [1.54, 1.807) is 24.3 Å². The fourth-order valence-electron chi connectivity index (χ4n) is 2.06. The Morgan fingerprint density at radius 2 is 1.83 bits per heavy atom. The molecule has 1 aliphatic heterocycles. The van der Waals surface area contributed by atoms with E-state index in [1.165, 1.54) is 6.08 Å². The van der Waals surface area contributed by atoms with E-state index in [4.69, 9.17) is 32.7 Å². The van der Waals surface area contributed by atoms with Crippen molar-refractivity contribution in [2.75, 3.05) is 6.79 Å². The van der Waals surface area contributed by atoms with E-state index in [9.17, 15) is 15.0 Å². The number of ether oxygens (including phenoxy) is 2. The van der Waals surface area contributed by atoms with Gasteiger partial charge in [-0.3, -0.25) is 4.79 Å². The lowest BCUT2D eigenvalue weighted by molar-refractivity contribution is 0.104. The van der Waals surface area contributed by atoms with E-state index in [2.05, 4.69) is 0 Å². The molecule has 2 aromatic rings. The van der Waals surface area contributed by atoms with Crippen molar-refractivity contribution in [3.63, 3.8) is 0 Å². The summed E-state index contributed by atoms with van der Waals surface area (Å²) >= 11 is 11.5. The molecule has 0 fully saturated rings. The van der Waals surface area contributed by atoms with Gasteiger partial charge in [0.05, 0.1) is 10.6 Å². The summed E-state index contributed by atoms with van der Waals surface area (Å²) in [6.07, 6.45) is 2.81. The highest BCUT2D eigenvalue weighted by molar-refractivity contribution is 6.39. The summed E-state index contributed by atoms with van der Waals surface area (Å²) in [5.41, 5.74) is 0.618. The van der Waals surface area contributed by atoms with Crippen LogP contribution in [0.5, 0.6) is 23.0 Å². The molecule has 0 saturated heterocycles. The number of carbonyl (C=O) groups is 1. The number of hydrogen-bond donors (Lipinski definition) is 2. The van der Waals surface area contributed by atoms with Crippen molar-refractivity contribution in [1.29, 1.82) is 0 Å². The van der Waals surface area contributed by atoms with Gasteiger partial charge in [-0.15, -0.1) is 0 Å². The highest BCUT2D eigenvalue weighted by atomic mass is 35.5. The van der Waals surface area contributed by atoms with Crippen molar-refractivity contribution in [3.8, 4) is 23.0 Å². The SMILES string of the molecule is O=C(/C=C/c1ccc2c(c1)OCO2)c1cc(Cl)c(O)c(Cl)c1O. The second-order valence-corrected chi connectivity index (χ2v) is 5.51. The third kappa shape index (κ3) is 2.93. The average Bonchev–Trinajstić information content (AvgIpc) is 3.01. The van der Waals surface area contributed by atoms with Crippen LogP contribution in [0.15, 0.2) is 30.3 Å². The smallest absolute Gasteiger partial charge is 0.231 e. The molecule has 0 bridgehead atoms. The fraction of sp³-hybridized carbons (Fsp3) is 0.0625. The summed E-state index contributed by atoms with van der Waals surface area (Å²) in [5, 5.41) is 18.9. The lowest BCUT2D eigenvalue weighted by Crippen LogP contribution is -1.96. The molecule has 2 N–H and O–H groups in total. The molecule has 23 heavy (non-hydrogen) atoms. The first-order valence-corrected chi connectivity index (χ1v) is 7.25. The summed E-state index contributed by atoms with van der Waals surface area (Å²) in [7, 11) is 0. The number of phenolic OH excluding ortho intramolecular Hbond substituents is 2. The van der Waals surface area contributed by atoms with Gasteiger partial charge in [-0.2, -0.15) is 0 Å². The van der Waals surface area contributed by atoms with Gasteiger partial charge in [0.2, 0.25) is 6.79 Å². The fourth-order valence-corrected chi connectivity index (χ4v) is 2.52. The number of phenols is 2. The Labute approximate surface area is 141 Å². The van der Waals surface area contributed by atoms with Crippen molar-refractivity contribution >= 4 is 35.1 Å². The van der Waals surface area contributed by atoms with Crippen LogP contribution in [0.2, 0.25) is 10.0 Å². The molecule has 5 nitrogen and oxygen atoms in total. The van der Waals surface area contributed by atoms with Crippen molar-refractivity contribution in [1.82, 2.24) is 0 Å². The van der Waals surface area contributed by atoms with E-state index >= 15 is 0 Å². The molecular weight excluding hydrogens is 343 g/mol. The van der Waals surface area contributed by atoms with Gasteiger partial charge >= 0.3 is 0 Å². The van der Waals surface area contributed by atoms with E-state index in [0.29, 0.717) is 11.5 Å². The number of hydrogen-bond acceptors (Lipinski definition) is 5. The van der Waals surface area contributed by atoms with Crippen molar-refractivity contribution in [3.05, 3.63) is 51.5 Å². The van der Waals surface area contributed by atoms with Crippen molar-refractivity contribution in [2.45, 2.75) is 0 Å². The van der Waals surface area contributed by atoms with Crippen LogP contribution in [-0.4, -0.2) is 22.8 Å². The first kappa shape index (κ1) is 15.5. The predicted octanol–water partition coefficient (Wildman–Crippen LogP) is 4.03. The summed E-state index contributed by atoms with van der Waals surface area (Å²) in [6, 6.07) is 6.37. The summed E-state index contributed by atoms with van der Waals surface area (Å²) in [5.74, 6) is -0.263. The Hall–Kier alpha value is -2.37. The second-order valence-electron chi connectivity index (χ2n) is 4.73. The van der Waals surface area contributed by atoms with Crippen molar-refractivity contribution in [2.24, 2.45) is 0 Å². The van der Waals surface area contributed by atoms with E-state index in [0.717, 1.165) is 11.6 Å². The van der Waals surface area contributed by atoms with Gasteiger partial charge in [-0.05, 0) is 29.8 Å². The minimum absolute atomic E-state index is 0.102. The van der Waals surface area contributed by atoms with Crippen LogP contribution in [0.3, 0.4) is 0 Å². The third-order valence-electron chi connectivity index (χ3n) is 3.26. The maximum atomic E-state index is 12.2. The summed E-state index contributed by atoms with van der Waals surface area (Å²) in [4.78, 5) is 12.2. The zero-order valence-corrected chi connectivity index (χ0v) is 13.1. The predicted molar refractivity (Wildman–Crippen MR) is 85.7 cm³/mol. The number of aromatic hydroxyl groups is 2. The molecule has 0 aromatic heterocycles. The molecule has 0 amide bonds. The second kappa shape index (κ2) is 6.02. The van der Waals surface area contributed by atoms with Gasteiger partial charge in [-0.1, -0.05) is 35.3 Å². The number of halogens is 2. The molecule has 0 atom stereocenters. The largest absolute Gasteiger partial charge is 0.505 e. The minimum atomic E-state index is -0.520. The van der Waals surface area contributed by atoms with Crippen LogP contribution in [0.1, 0.15) is 15.9 Å². The van der Waals surface area contributed by atoms with E-state index in [-0.39, 0.29) is 22.4 Å². The van der Waals surface area contributed by atoms with Gasteiger partial charge in [0.25, 0.3) is 0 Å². The number of carbonyl (C=O) groups excluding carboxylic acids is 1. The number of ketones is 1. The molecule has 1 aliphatic rings. The summed E-state index contributed by atoms with van der Waals surface area (Å²) < 4.78 is 10.5. The monoisotopic (exact) mass is 352 g/mol. The van der Waals surface area contributed by atoms with Crippen LogP contribution < -0.4 is 9.47 Å². The van der Waals surface area contributed by atoms with Crippen LogP contribution in [0.25, 0.3) is 6.08 Å². The van der Waals surface area contributed by atoms with Crippen LogP contribution in [-0.2, 0) is 0 Å². The van der Waals surface area contributed by atoms with Gasteiger partial charge in [0.15, 0.2) is 23.0 Å². The van der Waals surface area contributed by atoms with Crippen LogP contribution in [0.4, 0.5) is 0 Å². The normalized spacial score (nSPS) is 12.8. The average molecular weight is 353 g/mol. The number of allylic oxidation sites excluding steroid dienone is 1. The van der Waals surface area contributed by atoms with Crippen molar-refractivity contribution < 1.29 is 24.5 Å². The number of benzene rings is 2. The first-order valence-electron chi connectivity index (χ1n) is 6.49. The highest BCUT2D eigenvalue weighted by Gasteiger charge is 2.18. The molecular formula is C16H10Cl2O5. The molecule has 2 aromatic carbocycles. The Kier molecular flexibility index (Phi) is 4.07. The third-order valence-corrected chi connectivity index (χ3v) is 3.90. The zero-order valence-electron chi connectivity index (χ0n) is 11.5. The van der Waals surface area contributed by atoms with Gasteiger partial charge in [0, 0.05) is 0 Å². The number of fused-ring (bicyclic) bond motifs is 1. The van der Waals surface area contributed by atoms with Crippen LogP contribution in [0, 0.1) is 0 Å². The molecule has 0 radical (unpaired) electrons. The quantitative estimate of drug-likeness (QED) is 0.644. The van der Waals surface area contributed by atoms with Crippen LogP contribution >= 0.6 is 23.2 Å². The molecule has 3 rings (SSSR count). The highest BCUT2D eigenvalue weighted by Crippen LogP contribution is 2.41. The maximum absolute atomic E-state index is 12.2. The molecule has 7 heteroatoms. The minimum Gasteiger partial charge on any atom is -0.505 e. The lowest BCUT2D eigenvalue weighted by Gasteiger charge is -2.06. The van der Waals surface area contributed by atoms with Gasteiger partial charge < -0.3 is 19.7 Å². The molecule has 1 heterocycles. The summed E-state index contributed by atoms with van der Waals surface area (Å²) in [6.45, 7) is 0.166. The standard InChI is InChI=1S/C16H10Cl2O5/c17-10-6-9(15(20)14(18)16(10)21)11(19)3-1-8-2-4-12-13(5-8)23-7-22-12/h1-6,20-21H,7H2/b3-1+. The molecule has 118 valence electrons. The van der Waals surface area contributed by atoms with Gasteiger partial charge in [0.1, 0.15) is 10.8 Å². The molecule has 0 saturated carbocycles. The molecule has 0 aliphatic carbocycles. The number of rotatable bonds is 3. The lowest BCUT2D eigenvalue weighted by atomic mass is 10.1. The Bertz CT molecular complexity index is 830. The maximum Gasteiger partial charge on any atom is 0.231 e. The van der Waals surface area contributed by atoms with E-state index in [1.807, 2.05) is 0 Å². The first-order chi connectivity index (χ1) is 11.0. The van der Waals surface area contributed by atoms with E-state index < -0.39 is 17.3 Å². The van der Waals surface area contributed by atoms with Gasteiger partial charge in [-0.25, -0.2) is 0 Å². The Balaban J connectivity index is 1.87. The molecule has 0 spiro atoms.